The summed E-state index contributed by atoms with van der Waals surface area (Å²) in [5.41, 5.74) is 0. The molecule has 2 heterocycles. The molecule has 3 rings (SSSR count). The Kier molecular flexibility index (Phi) is 3.33. The van der Waals surface area contributed by atoms with Crippen LogP contribution in [-0.2, 0) is 10.0 Å². The minimum atomic E-state index is -3.40. The van der Waals surface area contributed by atoms with Gasteiger partial charge in [-0.15, -0.1) is 0 Å². The van der Waals surface area contributed by atoms with Gasteiger partial charge in [0.15, 0.2) is 0 Å². The summed E-state index contributed by atoms with van der Waals surface area (Å²) in [5.74, 6) is 0.874. The molecule has 4 nitrogen and oxygen atoms in total. The van der Waals surface area contributed by atoms with Crippen molar-refractivity contribution < 1.29 is 8.42 Å². The normalized spacial score (nSPS) is 31.6. The van der Waals surface area contributed by atoms with E-state index in [4.69, 9.17) is 11.6 Å². The van der Waals surface area contributed by atoms with Crippen LogP contribution in [0, 0.1) is 11.8 Å². The summed E-state index contributed by atoms with van der Waals surface area (Å²) in [7, 11) is -3.40. The number of rotatable bonds is 2. The molecular formula is C13H17ClN2O2S. The van der Waals surface area contributed by atoms with Gasteiger partial charge in [-0.05, 0) is 56.1 Å². The topological polar surface area (TPSA) is 49.4 Å². The molecule has 1 aromatic carbocycles. The van der Waals surface area contributed by atoms with Crippen LogP contribution in [-0.4, -0.2) is 38.4 Å². The number of fused-ring (bicyclic) bond motifs is 1. The van der Waals surface area contributed by atoms with Crippen molar-refractivity contribution in [2.75, 3.05) is 19.6 Å². The van der Waals surface area contributed by atoms with Gasteiger partial charge in [0.1, 0.15) is 0 Å². The third-order valence-corrected chi connectivity index (χ3v) is 6.52. The van der Waals surface area contributed by atoms with Gasteiger partial charge in [0.25, 0.3) is 0 Å². The molecular weight excluding hydrogens is 284 g/mol. The molecule has 104 valence electrons. The lowest BCUT2D eigenvalue weighted by Crippen LogP contribution is -2.38. The van der Waals surface area contributed by atoms with Gasteiger partial charge in [-0.2, -0.15) is 4.31 Å². The van der Waals surface area contributed by atoms with E-state index in [0.29, 0.717) is 28.3 Å². The Hall–Kier alpha value is -0.620. The first-order chi connectivity index (χ1) is 9.00. The molecule has 2 aliphatic heterocycles. The van der Waals surface area contributed by atoms with Crippen LogP contribution < -0.4 is 5.32 Å². The third-order valence-electron chi connectivity index (χ3n) is 4.30. The van der Waals surface area contributed by atoms with Crippen molar-refractivity contribution in [2.45, 2.75) is 17.9 Å². The predicted molar refractivity (Wildman–Crippen MR) is 74.7 cm³/mol. The highest BCUT2D eigenvalue weighted by molar-refractivity contribution is 7.89. The summed E-state index contributed by atoms with van der Waals surface area (Å²) in [5, 5.41) is 3.89. The predicted octanol–water partition coefficient (Wildman–Crippen LogP) is 1.57. The highest BCUT2D eigenvalue weighted by atomic mass is 35.5. The molecule has 0 bridgehead atoms. The van der Waals surface area contributed by atoms with Crippen molar-refractivity contribution in [2.24, 2.45) is 11.8 Å². The number of sulfonamides is 1. The molecule has 2 fully saturated rings. The SMILES string of the molecule is CC1C2CNCC2CN1S(=O)(=O)c1ccc(Cl)cc1. The van der Waals surface area contributed by atoms with E-state index in [1.807, 2.05) is 6.92 Å². The molecule has 0 aromatic heterocycles. The second-order valence-corrected chi connectivity index (χ2v) is 7.68. The van der Waals surface area contributed by atoms with Gasteiger partial charge in [0.2, 0.25) is 10.0 Å². The Morgan fingerprint density at radius 1 is 1.26 bits per heavy atom. The van der Waals surface area contributed by atoms with Gasteiger partial charge in [-0.25, -0.2) is 8.42 Å². The molecule has 1 N–H and O–H groups in total. The largest absolute Gasteiger partial charge is 0.316 e. The molecule has 3 unspecified atom stereocenters. The molecule has 0 amide bonds. The lowest BCUT2D eigenvalue weighted by Gasteiger charge is -2.23. The molecule has 2 saturated heterocycles. The number of halogens is 1. The monoisotopic (exact) mass is 300 g/mol. The van der Waals surface area contributed by atoms with E-state index in [0.717, 1.165) is 13.1 Å². The summed E-state index contributed by atoms with van der Waals surface area (Å²) in [6.07, 6.45) is 0. The van der Waals surface area contributed by atoms with Gasteiger partial charge < -0.3 is 5.32 Å². The number of hydrogen-bond acceptors (Lipinski definition) is 3. The molecule has 0 spiro atoms. The average Bonchev–Trinajstić information content (AvgIpc) is 2.93. The minimum Gasteiger partial charge on any atom is -0.316 e. The Bertz CT molecular complexity index is 573. The molecule has 0 aliphatic carbocycles. The zero-order valence-electron chi connectivity index (χ0n) is 10.7. The Balaban J connectivity index is 1.91. The third kappa shape index (κ3) is 2.18. The van der Waals surface area contributed by atoms with E-state index >= 15 is 0 Å². The first kappa shape index (κ1) is 13.4. The van der Waals surface area contributed by atoms with Crippen molar-refractivity contribution >= 4 is 21.6 Å². The molecule has 19 heavy (non-hydrogen) atoms. The van der Waals surface area contributed by atoms with Gasteiger partial charge in [0, 0.05) is 17.6 Å². The smallest absolute Gasteiger partial charge is 0.243 e. The Morgan fingerprint density at radius 3 is 2.58 bits per heavy atom. The van der Waals surface area contributed by atoms with Gasteiger partial charge in [0.05, 0.1) is 4.90 Å². The fraction of sp³-hybridized carbons (Fsp3) is 0.538. The summed E-state index contributed by atoms with van der Waals surface area (Å²) in [6, 6.07) is 6.46. The number of hydrogen-bond donors (Lipinski definition) is 1. The minimum absolute atomic E-state index is 0.0562. The van der Waals surface area contributed by atoms with E-state index in [-0.39, 0.29) is 6.04 Å². The number of nitrogens with one attached hydrogen (secondary N) is 1. The Labute approximate surface area is 118 Å². The zero-order valence-corrected chi connectivity index (χ0v) is 12.3. The number of benzene rings is 1. The molecule has 6 heteroatoms. The standard InChI is InChI=1S/C13H17ClN2O2S/c1-9-13-7-15-6-10(13)8-16(9)19(17,18)12-4-2-11(14)3-5-12/h2-5,9-10,13,15H,6-8H2,1H3. The first-order valence-corrected chi connectivity index (χ1v) is 8.30. The lowest BCUT2D eigenvalue weighted by molar-refractivity contribution is 0.360. The van der Waals surface area contributed by atoms with Crippen LogP contribution in [0.5, 0.6) is 0 Å². The van der Waals surface area contributed by atoms with Crippen LogP contribution in [0.2, 0.25) is 5.02 Å². The van der Waals surface area contributed by atoms with E-state index in [9.17, 15) is 8.42 Å². The van der Waals surface area contributed by atoms with Crippen LogP contribution in [0.25, 0.3) is 0 Å². The summed E-state index contributed by atoms with van der Waals surface area (Å²) >= 11 is 5.81. The van der Waals surface area contributed by atoms with Crippen molar-refractivity contribution in [3.8, 4) is 0 Å². The highest BCUT2D eigenvalue weighted by Gasteiger charge is 2.46. The number of nitrogens with zero attached hydrogens (tertiary/aromatic N) is 1. The van der Waals surface area contributed by atoms with Gasteiger partial charge >= 0.3 is 0 Å². The highest BCUT2D eigenvalue weighted by Crippen LogP contribution is 2.36. The zero-order chi connectivity index (χ0) is 13.6. The van der Waals surface area contributed by atoms with Crippen LogP contribution in [0.1, 0.15) is 6.92 Å². The summed E-state index contributed by atoms with van der Waals surface area (Å²) < 4.78 is 26.9. The second-order valence-electron chi connectivity index (χ2n) is 5.35. The molecule has 0 saturated carbocycles. The van der Waals surface area contributed by atoms with Gasteiger partial charge in [-0.1, -0.05) is 11.6 Å². The van der Waals surface area contributed by atoms with Crippen molar-refractivity contribution in [1.29, 1.82) is 0 Å². The van der Waals surface area contributed by atoms with Crippen LogP contribution in [0.15, 0.2) is 29.2 Å². The molecule has 3 atom stereocenters. The summed E-state index contributed by atoms with van der Waals surface area (Å²) in [6.45, 7) is 4.45. The maximum absolute atomic E-state index is 12.6. The van der Waals surface area contributed by atoms with Crippen LogP contribution in [0.3, 0.4) is 0 Å². The van der Waals surface area contributed by atoms with Crippen LogP contribution >= 0.6 is 11.6 Å². The quantitative estimate of drug-likeness (QED) is 0.902. The van der Waals surface area contributed by atoms with E-state index in [1.165, 1.54) is 0 Å². The van der Waals surface area contributed by atoms with Crippen molar-refractivity contribution in [3.63, 3.8) is 0 Å². The average molecular weight is 301 g/mol. The van der Waals surface area contributed by atoms with E-state index < -0.39 is 10.0 Å². The second kappa shape index (κ2) is 4.74. The van der Waals surface area contributed by atoms with Gasteiger partial charge in [-0.3, -0.25) is 0 Å². The summed E-state index contributed by atoms with van der Waals surface area (Å²) in [4.78, 5) is 0.330. The molecule has 2 aliphatic rings. The fourth-order valence-corrected chi connectivity index (χ4v) is 5.05. The molecule has 0 radical (unpaired) electrons. The maximum atomic E-state index is 12.6. The van der Waals surface area contributed by atoms with E-state index in [2.05, 4.69) is 5.32 Å². The maximum Gasteiger partial charge on any atom is 0.243 e. The van der Waals surface area contributed by atoms with Crippen molar-refractivity contribution in [3.05, 3.63) is 29.3 Å². The Morgan fingerprint density at radius 2 is 1.95 bits per heavy atom. The molecule has 1 aromatic rings. The van der Waals surface area contributed by atoms with Crippen molar-refractivity contribution in [1.82, 2.24) is 9.62 Å². The first-order valence-electron chi connectivity index (χ1n) is 6.48. The lowest BCUT2D eigenvalue weighted by atomic mass is 9.95. The van der Waals surface area contributed by atoms with E-state index in [1.54, 1.807) is 28.6 Å². The fourth-order valence-electron chi connectivity index (χ4n) is 3.19. The van der Waals surface area contributed by atoms with Crippen LogP contribution in [0.4, 0.5) is 0 Å².